The predicted octanol–water partition coefficient (Wildman–Crippen LogP) is 1.88. The lowest BCUT2D eigenvalue weighted by Crippen LogP contribution is -2.45. The number of Topliss-reactive ketones (excluding diaryl/α,β-unsaturated/α-hetero) is 1. The molecule has 1 amide bonds. The Labute approximate surface area is 115 Å². The monoisotopic (exact) mass is 266 g/mol. The molecule has 2 aliphatic carbocycles. The minimum absolute atomic E-state index is 0.145. The summed E-state index contributed by atoms with van der Waals surface area (Å²) in [6, 6.07) is 0.789. The Bertz CT molecular complexity index is 314. The topological polar surface area (TPSA) is 49.4 Å². The summed E-state index contributed by atoms with van der Waals surface area (Å²) < 4.78 is 0. The van der Waals surface area contributed by atoms with E-state index in [0.29, 0.717) is 37.3 Å². The van der Waals surface area contributed by atoms with Gasteiger partial charge >= 0.3 is 0 Å². The van der Waals surface area contributed by atoms with Gasteiger partial charge in [-0.3, -0.25) is 14.5 Å². The quantitative estimate of drug-likeness (QED) is 0.845. The van der Waals surface area contributed by atoms with Crippen LogP contribution in [0.3, 0.4) is 0 Å². The zero-order chi connectivity index (χ0) is 13.7. The van der Waals surface area contributed by atoms with E-state index in [4.69, 9.17) is 0 Å². The van der Waals surface area contributed by atoms with E-state index >= 15 is 0 Å². The number of nitrogens with zero attached hydrogens (tertiary/aromatic N) is 1. The highest BCUT2D eigenvalue weighted by Gasteiger charge is 2.24. The fraction of sp³-hybridized carbons (Fsp3) is 0.867. The molecule has 0 unspecified atom stereocenters. The predicted molar refractivity (Wildman–Crippen MR) is 74.9 cm³/mol. The summed E-state index contributed by atoms with van der Waals surface area (Å²) in [4.78, 5) is 25.3. The lowest BCUT2D eigenvalue weighted by molar-refractivity contribution is -0.124. The molecule has 0 bridgehead atoms. The fourth-order valence-electron chi connectivity index (χ4n) is 3.24. The third-order valence-corrected chi connectivity index (χ3v) is 4.50. The number of hydrogen-bond donors (Lipinski definition) is 1. The Morgan fingerprint density at radius 3 is 2.42 bits per heavy atom. The summed E-state index contributed by atoms with van der Waals surface area (Å²) in [5, 5.41) is 3.15. The van der Waals surface area contributed by atoms with Gasteiger partial charge in [0.05, 0.1) is 6.54 Å². The number of amides is 1. The van der Waals surface area contributed by atoms with Gasteiger partial charge in [0.25, 0.3) is 0 Å². The van der Waals surface area contributed by atoms with Gasteiger partial charge in [-0.15, -0.1) is 0 Å². The van der Waals surface area contributed by atoms with Crippen molar-refractivity contribution in [3.8, 4) is 0 Å². The van der Waals surface area contributed by atoms with Crippen molar-refractivity contribution in [3.63, 3.8) is 0 Å². The number of rotatable bonds is 4. The van der Waals surface area contributed by atoms with Crippen molar-refractivity contribution < 1.29 is 9.59 Å². The maximum Gasteiger partial charge on any atom is 0.234 e. The van der Waals surface area contributed by atoms with Crippen molar-refractivity contribution >= 4 is 11.7 Å². The van der Waals surface area contributed by atoms with Crippen LogP contribution in [0.15, 0.2) is 0 Å². The Morgan fingerprint density at radius 1 is 1.16 bits per heavy atom. The molecule has 0 aromatic carbocycles. The summed E-state index contributed by atoms with van der Waals surface area (Å²) in [7, 11) is 2.00. The zero-order valence-corrected chi connectivity index (χ0v) is 12.0. The highest BCUT2D eigenvalue weighted by Crippen LogP contribution is 2.20. The molecular weight excluding hydrogens is 240 g/mol. The third-order valence-electron chi connectivity index (χ3n) is 4.50. The van der Waals surface area contributed by atoms with Crippen LogP contribution in [0.4, 0.5) is 0 Å². The first-order valence-electron chi connectivity index (χ1n) is 7.66. The molecule has 2 saturated carbocycles. The third kappa shape index (κ3) is 4.60. The SMILES string of the molecule is CN(CC(=O)NC1CCCCC1)C1CCC(=O)CC1. The second kappa shape index (κ2) is 7.04. The molecule has 108 valence electrons. The van der Waals surface area contributed by atoms with Crippen LogP contribution in [-0.2, 0) is 9.59 Å². The molecule has 0 aromatic rings. The molecule has 0 heterocycles. The minimum atomic E-state index is 0.145. The van der Waals surface area contributed by atoms with Crippen molar-refractivity contribution in [1.82, 2.24) is 10.2 Å². The molecule has 2 aliphatic rings. The first-order chi connectivity index (χ1) is 9.15. The molecular formula is C15H26N2O2. The van der Waals surface area contributed by atoms with E-state index in [-0.39, 0.29) is 5.91 Å². The van der Waals surface area contributed by atoms with Crippen LogP contribution in [0.25, 0.3) is 0 Å². The molecule has 0 radical (unpaired) electrons. The van der Waals surface area contributed by atoms with E-state index in [0.717, 1.165) is 25.7 Å². The van der Waals surface area contributed by atoms with Crippen LogP contribution >= 0.6 is 0 Å². The van der Waals surface area contributed by atoms with Gasteiger partial charge < -0.3 is 5.32 Å². The molecule has 4 nitrogen and oxygen atoms in total. The van der Waals surface area contributed by atoms with E-state index in [1.807, 2.05) is 7.05 Å². The molecule has 0 aromatic heterocycles. The minimum Gasteiger partial charge on any atom is -0.352 e. The molecule has 0 saturated heterocycles. The first-order valence-corrected chi connectivity index (χ1v) is 7.66. The normalized spacial score (nSPS) is 22.7. The summed E-state index contributed by atoms with van der Waals surface area (Å²) >= 11 is 0. The highest BCUT2D eigenvalue weighted by molar-refractivity contribution is 5.79. The zero-order valence-electron chi connectivity index (χ0n) is 12.0. The van der Waals surface area contributed by atoms with Crippen LogP contribution in [0.2, 0.25) is 0 Å². The van der Waals surface area contributed by atoms with Gasteiger partial charge in [-0.05, 0) is 32.7 Å². The van der Waals surface area contributed by atoms with Crippen molar-refractivity contribution in [2.75, 3.05) is 13.6 Å². The smallest absolute Gasteiger partial charge is 0.234 e. The number of likely N-dealkylation sites (N-methyl/N-ethyl adjacent to an activating group) is 1. The van der Waals surface area contributed by atoms with Crippen molar-refractivity contribution in [3.05, 3.63) is 0 Å². The van der Waals surface area contributed by atoms with Gasteiger partial charge in [0.1, 0.15) is 5.78 Å². The number of carbonyl (C=O) groups is 2. The summed E-state index contributed by atoms with van der Waals surface area (Å²) in [6.07, 6.45) is 9.23. The van der Waals surface area contributed by atoms with Gasteiger partial charge in [0.15, 0.2) is 0 Å². The maximum atomic E-state index is 12.0. The van der Waals surface area contributed by atoms with E-state index in [2.05, 4.69) is 10.2 Å². The number of hydrogen-bond acceptors (Lipinski definition) is 3. The molecule has 0 spiro atoms. The maximum absolute atomic E-state index is 12.0. The molecule has 1 N–H and O–H groups in total. The lowest BCUT2D eigenvalue weighted by atomic mass is 9.93. The molecule has 0 atom stereocenters. The Morgan fingerprint density at radius 2 is 1.79 bits per heavy atom. The number of carbonyl (C=O) groups excluding carboxylic acids is 2. The van der Waals surface area contributed by atoms with Gasteiger partial charge in [0.2, 0.25) is 5.91 Å². The van der Waals surface area contributed by atoms with Gasteiger partial charge in [-0.1, -0.05) is 19.3 Å². The van der Waals surface area contributed by atoms with Crippen LogP contribution in [0.1, 0.15) is 57.8 Å². The Balaban J connectivity index is 1.70. The van der Waals surface area contributed by atoms with Crippen LogP contribution in [-0.4, -0.2) is 42.3 Å². The molecule has 2 rings (SSSR count). The average molecular weight is 266 g/mol. The summed E-state index contributed by atoms with van der Waals surface area (Å²) in [6.45, 7) is 0.468. The van der Waals surface area contributed by atoms with Crippen LogP contribution in [0.5, 0.6) is 0 Å². The van der Waals surface area contributed by atoms with Gasteiger partial charge in [-0.2, -0.15) is 0 Å². The first kappa shape index (κ1) is 14.5. The number of ketones is 1. The average Bonchev–Trinajstić information content (AvgIpc) is 2.40. The molecule has 2 fully saturated rings. The van der Waals surface area contributed by atoms with Crippen LogP contribution in [0, 0.1) is 0 Å². The summed E-state index contributed by atoms with van der Waals surface area (Å²) in [5.41, 5.74) is 0. The van der Waals surface area contributed by atoms with E-state index in [1.165, 1.54) is 19.3 Å². The largest absolute Gasteiger partial charge is 0.352 e. The van der Waals surface area contributed by atoms with E-state index in [1.54, 1.807) is 0 Å². The van der Waals surface area contributed by atoms with Gasteiger partial charge in [-0.25, -0.2) is 0 Å². The lowest BCUT2D eigenvalue weighted by Gasteiger charge is -2.31. The van der Waals surface area contributed by atoms with Gasteiger partial charge in [0, 0.05) is 24.9 Å². The molecule has 19 heavy (non-hydrogen) atoms. The Hall–Kier alpha value is -0.900. The van der Waals surface area contributed by atoms with E-state index < -0.39 is 0 Å². The van der Waals surface area contributed by atoms with Crippen LogP contribution < -0.4 is 5.32 Å². The second-order valence-electron chi connectivity index (χ2n) is 6.09. The highest BCUT2D eigenvalue weighted by atomic mass is 16.2. The standard InChI is InChI=1S/C15H26N2O2/c1-17(13-7-9-14(18)10-8-13)11-15(19)16-12-5-3-2-4-6-12/h12-13H,2-11H2,1H3,(H,16,19). The van der Waals surface area contributed by atoms with Crippen molar-refractivity contribution in [2.24, 2.45) is 0 Å². The number of nitrogens with one attached hydrogen (secondary N) is 1. The van der Waals surface area contributed by atoms with Crippen molar-refractivity contribution in [2.45, 2.75) is 69.9 Å². The summed E-state index contributed by atoms with van der Waals surface area (Å²) in [5.74, 6) is 0.516. The second-order valence-corrected chi connectivity index (χ2v) is 6.09. The molecule has 0 aliphatic heterocycles. The molecule has 4 heteroatoms. The van der Waals surface area contributed by atoms with E-state index in [9.17, 15) is 9.59 Å². The van der Waals surface area contributed by atoms with Crippen molar-refractivity contribution in [1.29, 1.82) is 0 Å². The fourth-order valence-corrected chi connectivity index (χ4v) is 3.24. The Kier molecular flexibility index (Phi) is 5.37.